The van der Waals surface area contributed by atoms with Gasteiger partial charge in [-0.3, -0.25) is 4.98 Å². The lowest BCUT2D eigenvalue weighted by molar-refractivity contribution is -0.0131. The Hall–Kier alpha value is -1.09. The van der Waals surface area contributed by atoms with Gasteiger partial charge < -0.3 is 4.74 Å². The largest absolute Gasteiger partial charge is 0.381 e. The first kappa shape index (κ1) is 14.3. The van der Waals surface area contributed by atoms with E-state index < -0.39 is 0 Å². The van der Waals surface area contributed by atoms with E-state index in [1.807, 2.05) is 13.3 Å². The van der Waals surface area contributed by atoms with Gasteiger partial charge in [-0.1, -0.05) is 13.8 Å². The van der Waals surface area contributed by atoms with Gasteiger partial charge in [0.25, 0.3) is 0 Å². The molecule has 19 heavy (non-hydrogen) atoms. The number of isothiocyanates is 1. The molecule has 1 saturated carbocycles. The highest BCUT2D eigenvalue weighted by Crippen LogP contribution is 2.42. The van der Waals surface area contributed by atoms with Gasteiger partial charge in [-0.2, -0.15) is 4.99 Å². The molecule has 4 atom stereocenters. The van der Waals surface area contributed by atoms with Gasteiger partial charge in [-0.05, 0) is 54.4 Å². The zero-order chi connectivity index (χ0) is 13.8. The minimum atomic E-state index is 0.357. The lowest BCUT2D eigenvalue weighted by atomic mass is 9.72. The number of rotatable bonds is 3. The normalized spacial score (nSPS) is 30.7. The fourth-order valence-electron chi connectivity index (χ4n) is 3.43. The third-order valence-corrected chi connectivity index (χ3v) is 4.24. The molecule has 0 spiro atoms. The molecular weight excluding hydrogens is 256 g/mol. The second-order valence-electron chi connectivity index (χ2n) is 5.46. The van der Waals surface area contributed by atoms with Crippen molar-refractivity contribution in [3.8, 4) is 0 Å². The van der Waals surface area contributed by atoms with Crippen LogP contribution in [-0.4, -0.2) is 23.4 Å². The van der Waals surface area contributed by atoms with E-state index in [1.165, 1.54) is 5.56 Å². The molecule has 0 aromatic carbocycles. The van der Waals surface area contributed by atoms with Crippen molar-refractivity contribution in [2.75, 3.05) is 7.11 Å². The number of nitrogens with zero attached hydrogens (tertiary/aromatic N) is 2. The van der Waals surface area contributed by atoms with Crippen molar-refractivity contribution >= 4 is 23.1 Å². The van der Waals surface area contributed by atoms with Crippen LogP contribution < -0.4 is 0 Å². The number of pyridine rings is 1. The van der Waals surface area contributed by atoms with Crippen molar-refractivity contribution in [1.29, 1.82) is 0 Å². The van der Waals surface area contributed by atoms with Crippen molar-refractivity contribution < 1.29 is 4.74 Å². The van der Waals surface area contributed by atoms with Crippen LogP contribution in [0.3, 0.4) is 0 Å². The summed E-state index contributed by atoms with van der Waals surface area (Å²) in [7, 11) is 1.81. The minimum Gasteiger partial charge on any atom is -0.381 e. The van der Waals surface area contributed by atoms with E-state index >= 15 is 0 Å². The van der Waals surface area contributed by atoms with Crippen LogP contribution in [0.1, 0.15) is 38.2 Å². The van der Waals surface area contributed by atoms with E-state index in [1.54, 1.807) is 6.20 Å². The summed E-state index contributed by atoms with van der Waals surface area (Å²) in [5.41, 5.74) is 2.10. The van der Waals surface area contributed by atoms with Gasteiger partial charge in [-0.25, -0.2) is 0 Å². The van der Waals surface area contributed by atoms with Gasteiger partial charge in [0.05, 0.1) is 23.1 Å². The number of ether oxygens (including phenoxy) is 1. The van der Waals surface area contributed by atoms with Crippen molar-refractivity contribution in [1.82, 2.24) is 4.98 Å². The number of methoxy groups -OCH3 is 1. The van der Waals surface area contributed by atoms with E-state index in [4.69, 9.17) is 17.0 Å². The Balaban J connectivity index is 2.26. The molecule has 0 unspecified atom stereocenters. The summed E-state index contributed by atoms with van der Waals surface area (Å²) in [6.45, 7) is 4.53. The van der Waals surface area contributed by atoms with Gasteiger partial charge in [0, 0.05) is 13.3 Å². The molecule has 0 amide bonds. The summed E-state index contributed by atoms with van der Waals surface area (Å²) in [4.78, 5) is 8.27. The van der Waals surface area contributed by atoms with E-state index in [0.29, 0.717) is 23.9 Å². The summed E-state index contributed by atoms with van der Waals surface area (Å²) in [6.07, 6.45) is 6.19. The first-order valence-corrected chi connectivity index (χ1v) is 7.12. The van der Waals surface area contributed by atoms with E-state index in [0.717, 1.165) is 18.5 Å². The molecular formula is C15H20N2OS. The van der Waals surface area contributed by atoms with Gasteiger partial charge in [0.2, 0.25) is 0 Å². The topological polar surface area (TPSA) is 34.5 Å². The van der Waals surface area contributed by atoms with Crippen LogP contribution in [0.15, 0.2) is 23.5 Å². The first-order valence-electron chi connectivity index (χ1n) is 6.72. The maximum atomic E-state index is 5.61. The van der Waals surface area contributed by atoms with Crippen LogP contribution in [-0.2, 0) is 4.74 Å². The van der Waals surface area contributed by atoms with E-state index in [9.17, 15) is 0 Å². The highest BCUT2D eigenvalue weighted by atomic mass is 32.1. The van der Waals surface area contributed by atoms with Crippen LogP contribution in [0.2, 0.25) is 0 Å². The van der Waals surface area contributed by atoms with Crippen molar-refractivity contribution in [3.63, 3.8) is 0 Å². The van der Waals surface area contributed by atoms with Crippen LogP contribution in [0.4, 0.5) is 5.69 Å². The Morgan fingerprint density at radius 1 is 1.37 bits per heavy atom. The minimum absolute atomic E-state index is 0.357. The lowest BCUT2D eigenvalue weighted by Gasteiger charge is -2.38. The molecule has 1 aromatic rings. The Morgan fingerprint density at radius 3 is 2.63 bits per heavy atom. The van der Waals surface area contributed by atoms with Gasteiger partial charge >= 0.3 is 0 Å². The molecule has 3 nitrogen and oxygen atoms in total. The molecule has 0 aliphatic heterocycles. The smallest absolute Gasteiger partial charge is 0.0957 e. The highest BCUT2D eigenvalue weighted by molar-refractivity contribution is 7.78. The third kappa shape index (κ3) is 3.08. The fourth-order valence-corrected chi connectivity index (χ4v) is 3.52. The maximum Gasteiger partial charge on any atom is 0.0957 e. The molecule has 4 heteroatoms. The highest BCUT2D eigenvalue weighted by Gasteiger charge is 2.34. The number of hydrogen-bond acceptors (Lipinski definition) is 4. The third-order valence-electron chi connectivity index (χ3n) is 4.15. The predicted octanol–water partition coefficient (Wildman–Crippen LogP) is 3.98. The average Bonchev–Trinajstić information content (AvgIpc) is 2.39. The Labute approximate surface area is 120 Å². The first-order chi connectivity index (χ1) is 9.17. The Morgan fingerprint density at radius 2 is 2.05 bits per heavy atom. The quantitative estimate of drug-likeness (QED) is 0.618. The molecule has 102 valence electrons. The van der Waals surface area contributed by atoms with Crippen LogP contribution in [0, 0.1) is 11.8 Å². The van der Waals surface area contributed by atoms with Gasteiger partial charge in [0.15, 0.2) is 0 Å². The molecule has 1 fully saturated rings. The maximum absolute atomic E-state index is 5.61. The van der Waals surface area contributed by atoms with Crippen LogP contribution in [0.5, 0.6) is 0 Å². The van der Waals surface area contributed by atoms with Crippen molar-refractivity contribution in [2.45, 2.75) is 38.7 Å². The number of aliphatic imine (C=N–C) groups is 1. The molecule has 0 N–H and O–H groups in total. The lowest BCUT2D eigenvalue weighted by Crippen LogP contribution is -2.35. The monoisotopic (exact) mass is 276 g/mol. The molecule has 0 saturated heterocycles. The SMILES string of the molecule is CO[C@H]1[C@H](C)C[C@H](c2ccncc2N=C=S)C[C@@H]1C. The number of thiocarbonyl (C=S) groups is 1. The fraction of sp³-hybridized carbons (Fsp3) is 0.600. The molecule has 2 rings (SSSR count). The second-order valence-corrected chi connectivity index (χ2v) is 5.64. The van der Waals surface area contributed by atoms with Crippen molar-refractivity contribution in [3.05, 3.63) is 24.0 Å². The summed E-state index contributed by atoms with van der Waals surface area (Å²) < 4.78 is 5.61. The standard InChI is InChI=1S/C15H20N2OS/c1-10-6-12(7-11(2)15(10)18-3)13-4-5-16-8-14(13)17-9-19/h4-5,8,10-12,15H,6-7H2,1-3H3/t10-,11+,12+,15+. The van der Waals surface area contributed by atoms with Gasteiger partial charge in [-0.15, -0.1) is 0 Å². The van der Waals surface area contributed by atoms with Crippen molar-refractivity contribution in [2.24, 2.45) is 16.8 Å². The zero-order valence-corrected chi connectivity index (χ0v) is 12.5. The molecule has 1 heterocycles. The zero-order valence-electron chi connectivity index (χ0n) is 11.7. The van der Waals surface area contributed by atoms with Gasteiger partial charge in [0.1, 0.15) is 0 Å². The molecule has 1 aromatic heterocycles. The summed E-state index contributed by atoms with van der Waals surface area (Å²) in [5, 5.41) is 2.45. The molecule has 0 radical (unpaired) electrons. The predicted molar refractivity (Wildman–Crippen MR) is 80.0 cm³/mol. The summed E-state index contributed by atoms with van der Waals surface area (Å²) in [5.74, 6) is 1.61. The van der Waals surface area contributed by atoms with Crippen LogP contribution >= 0.6 is 12.2 Å². The number of aromatic nitrogens is 1. The second kappa shape index (κ2) is 6.38. The summed E-state index contributed by atoms with van der Waals surface area (Å²) >= 11 is 4.71. The summed E-state index contributed by atoms with van der Waals surface area (Å²) in [6, 6.07) is 2.06. The molecule has 1 aliphatic rings. The molecule has 0 bridgehead atoms. The van der Waals surface area contributed by atoms with E-state index in [2.05, 4.69) is 35.1 Å². The van der Waals surface area contributed by atoms with E-state index in [-0.39, 0.29) is 0 Å². The molecule has 1 aliphatic carbocycles. The number of hydrogen-bond donors (Lipinski definition) is 0. The average molecular weight is 276 g/mol. The Kier molecular flexibility index (Phi) is 4.81. The van der Waals surface area contributed by atoms with Crippen LogP contribution in [0.25, 0.3) is 0 Å². The Bertz CT molecular complexity index is 473.